The summed E-state index contributed by atoms with van der Waals surface area (Å²) >= 11 is 5.70. The van der Waals surface area contributed by atoms with Crippen LogP contribution in [0, 0.1) is 0 Å². The van der Waals surface area contributed by atoms with Gasteiger partial charge < -0.3 is 16.0 Å². The largest absolute Gasteiger partial charge is 0.417 e. The number of amides is 2. The summed E-state index contributed by atoms with van der Waals surface area (Å²) in [7, 11) is 0. The van der Waals surface area contributed by atoms with Crippen molar-refractivity contribution in [2.45, 2.75) is 38.5 Å². The minimum Gasteiger partial charge on any atom is -0.372 e. The molecule has 10 nitrogen and oxygen atoms in total. The van der Waals surface area contributed by atoms with Gasteiger partial charge in [0.15, 0.2) is 0 Å². The summed E-state index contributed by atoms with van der Waals surface area (Å²) in [5.74, 6) is -1.09. The van der Waals surface area contributed by atoms with E-state index in [4.69, 9.17) is 17.3 Å². The molecule has 1 aromatic heterocycles. The number of hydrazone groups is 1. The number of hydrogen-bond donors (Lipinski definition) is 3. The van der Waals surface area contributed by atoms with Crippen LogP contribution in [0.15, 0.2) is 72.0 Å². The van der Waals surface area contributed by atoms with Gasteiger partial charge in [-0.15, -0.1) is 5.10 Å². The Hall–Kier alpha value is -4.75. The smallest absolute Gasteiger partial charge is 0.372 e. The van der Waals surface area contributed by atoms with Crippen LogP contribution in [0.2, 0.25) is 5.02 Å². The number of halogens is 4. The van der Waals surface area contributed by atoms with E-state index in [1.54, 1.807) is 41.2 Å². The molecule has 45 heavy (non-hydrogen) atoms. The van der Waals surface area contributed by atoms with Gasteiger partial charge in [-0.2, -0.15) is 18.3 Å². The van der Waals surface area contributed by atoms with Gasteiger partial charge in [-0.05, 0) is 72.9 Å². The molecule has 0 aliphatic carbocycles. The maximum Gasteiger partial charge on any atom is 0.417 e. The van der Waals surface area contributed by atoms with Crippen LogP contribution < -0.4 is 21.4 Å². The van der Waals surface area contributed by atoms with Crippen molar-refractivity contribution in [3.05, 3.63) is 105 Å². The topological polar surface area (TPSA) is 131 Å². The fourth-order valence-corrected chi connectivity index (χ4v) is 5.17. The molecular formula is C31H30ClF3N8O2. The van der Waals surface area contributed by atoms with Crippen molar-refractivity contribution < 1.29 is 22.8 Å². The van der Waals surface area contributed by atoms with Crippen LogP contribution in [-0.2, 0) is 19.3 Å². The number of nitrogens with zero attached hydrogens (tertiary/aromatic N) is 5. The number of nitrogens with two attached hydrogens (primary N) is 1. The summed E-state index contributed by atoms with van der Waals surface area (Å²) in [4.78, 5) is 28.8. The Morgan fingerprint density at radius 3 is 2.56 bits per heavy atom. The monoisotopic (exact) mass is 638 g/mol. The number of aromatic nitrogens is 3. The van der Waals surface area contributed by atoms with Crippen LogP contribution in [0.3, 0.4) is 0 Å². The second-order valence-electron chi connectivity index (χ2n) is 10.5. The van der Waals surface area contributed by atoms with Gasteiger partial charge >= 0.3 is 6.18 Å². The average molecular weight is 639 g/mol. The minimum absolute atomic E-state index is 0.0904. The van der Waals surface area contributed by atoms with Crippen LogP contribution >= 0.6 is 11.6 Å². The molecule has 0 bridgehead atoms. The van der Waals surface area contributed by atoms with E-state index in [1.807, 2.05) is 12.1 Å². The van der Waals surface area contributed by atoms with E-state index in [2.05, 4.69) is 31.1 Å². The van der Waals surface area contributed by atoms with Crippen LogP contribution in [0.4, 0.5) is 24.5 Å². The van der Waals surface area contributed by atoms with Crippen molar-refractivity contribution in [2.24, 2.45) is 10.8 Å². The number of rotatable bonds is 9. The maximum atomic E-state index is 13.4. The van der Waals surface area contributed by atoms with Crippen LogP contribution in [0.5, 0.6) is 0 Å². The van der Waals surface area contributed by atoms with Gasteiger partial charge in [0.2, 0.25) is 0 Å². The molecular weight excluding hydrogens is 609 g/mol. The molecule has 1 saturated heterocycles. The number of anilines is 2. The fourth-order valence-electron chi connectivity index (χ4n) is 4.95. The third-order valence-electron chi connectivity index (χ3n) is 7.22. The molecule has 0 unspecified atom stereocenters. The van der Waals surface area contributed by atoms with E-state index in [9.17, 15) is 22.8 Å². The number of benzene rings is 3. The van der Waals surface area contributed by atoms with Crippen LogP contribution in [0.25, 0.3) is 0 Å². The van der Waals surface area contributed by atoms with Gasteiger partial charge in [0, 0.05) is 30.9 Å². The quantitative estimate of drug-likeness (QED) is 0.165. The molecule has 1 aliphatic heterocycles. The van der Waals surface area contributed by atoms with Gasteiger partial charge in [0.1, 0.15) is 0 Å². The lowest BCUT2D eigenvalue weighted by Crippen LogP contribution is -2.30. The van der Waals surface area contributed by atoms with Crippen molar-refractivity contribution in [3.63, 3.8) is 0 Å². The van der Waals surface area contributed by atoms with Crippen molar-refractivity contribution in [1.82, 2.24) is 20.4 Å². The van der Waals surface area contributed by atoms with E-state index in [1.165, 1.54) is 6.07 Å². The zero-order valence-electron chi connectivity index (χ0n) is 24.0. The molecule has 234 valence electrons. The Kier molecular flexibility index (Phi) is 9.79. The normalized spacial score (nSPS) is 13.7. The van der Waals surface area contributed by atoms with E-state index >= 15 is 0 Å². The van der Waals surface area contributed by atoms with Gasteiger partial charge in [-0.25, -0.2) is 10.1 Å². The summed E-state index contributed by atoms with van der Waals surface area (Å²) in [5.41, 5.74) is 10.1. The average Bonchev–Trinajstić information content (AvgIpc) is 3.49. The molecule has 2 heterocycles. The Bertz CT molecular complexity index is 1720. The molecule has 0 radical (unpaired) electrons. The van der Waals surface area contributed by atoms with E-state index in [0.717, 1.165) is 62.0 Å². The first kappa shape index (κ1) is 31.7. The highest BCUT2D eigenvalue weighted by atomic mass is 35.5. The molecule has 3 aromatic carbocycles. The second-order valence-corrected chi connectivity index (χ2v) is 10.9. The first-order chi connectivity index (χ1) is 21.6. The zero-order valence-corrected chi connectivity index (χ0v) is 24.8. The molecule has 5 rings (SSSR count). The predicted octanol–water partition coefficient (Wildman–Crippen LogP) is 5.46. The first-order valence-corrected chi connectivity index (χ1v) is 14.6. The summed E-state index contributed by atoms with van der Waals surface area (Å²) in [5, 5.41) is 14.3. The Labute approximate surface area is 262 Å². The Morgan fingerprint density at radius 2 is 1.82 bits per heavy atom. The predicted molar refractivity (Wildman–Crippen MR) is 165 cm³/mol. The summed E-state index contributed by atoms with van der Waals surface area (Å²) in [6.07, 6.45) is 1.33. The van der Waals surface area contributed by atoms with Crippen molar-refractivity contribution in [2.75, 3.05) is 23.3 Å². The Balaban J connectivity index is 1.36. The first-order valence-electron chi connectivity index (χ1n) is 14.2. The number of alkyl halides is 3. The van der Waals surface area contributed by atoms with Gasteiger partial charge in [-0.1, -0.05) is 35.0 Å². The molecule has 1 aliphatic rings. The molecule has 2 amide bonds. The SMILES string of the molecule is NCc1cn(Cc2cccc(C(=O)Nc3ccc(N4CCCCC4)cc3C(=O)NN=Cc3ccc(Cl)c(C(F)(F)F)c3)c2)nn1. The summed E-state index contributed by atoms with van der Waals surface area (Å²) in [6, 6.07) is 15.4. The minimum atomic E-state index is -4.64. The van der Waals surface area contributed by atoms with Crippen molar-refractivity contribution >= 4 is 41.0 Å². The molecule has 14 heteroatoms. The van der Waals surface area contributed by atoms with Crippen LogP contribution in [0.1, 0.15) is 62.4 Å². The number of carbonyl (C=O) groups is 2. The maximum absolute atomic E-state index is 13.4. The van der Waals surface area contributed by atoms with E-state index in [-0.39, 0.29) is 23.4 Å². The van der Waals surface area contributed by atoms with Crippen LogP contribution in [-0.4, -0.2) is 46.1 Å². The third kappa shape index (κ3) is 8.05. The number of hydrogen-bond acceptors (Lipinski definition) is 7. The zero-order chi connectivity index (χ0) is 32.0. The van der Waals surface area contributed by atoms with Gasteiger partial charge in [0.25, 0.3) is 11.8 Å². The number of carbonyl (C=O) groups excluding carboxylic acids is 2. The van der Waals surface area contributed by atoms with E-state index in [0.29, 0.717) is 17.8 Å². The van der Waals surface area contributed by atoms with Gasteiger partial charge in [-0.3, -0.25) is 9.59 Å². The number of nitrogens with one attached hydrogen (secondary N) is 2. The highest BCUT2D eigenvalue weighted by Gasteiger charge is 2.33. The molecule has 0 saturated carbocycles. The highest BCUT2D eigenvalue weighted by molar-refractivity contribution is 6.31. The molecule has 0 spiro atoms. The van der Waals surface area contributed by atoms with Crippen molar-refractivity contribution in [3.8, 4) is 0 Å². The Morgan fingerprint density at radius 1 is 1.02 bits per heavy atom. The van der Waals surface area contributed by atoms with Gasteiger partial charge in [0.05, 0.1) is 46.5 Å². The van der Waals surface area contributed by atoms with Crippen molar-refractivity contribution in [1.29, 1.82) is 0 Å². The lowest BCUT2D eigenvalue weighted by atomic mass is 10.1. The standard InChI is InChI=1S/C31H30ClF3N8O2/c32-27-9-7-20(14-26(27)31(33,34)35)17-37-40-30(45)25-15-24(42-11-2-1-3-12-42)8-10-28(25)38-29(44)22-6-4-5-21(13-22)18-43-19-23(16-36)39-41-43/h4-10,13-15,17,19H,1-3,11-12,16,18,36H2,(H,38,44)(H,40,45). The molecule has 0 atom stereocenters. The highest BCUT2D eigenvalue weighted by Crippen LogP contribution is 2.35. The lowest BCUT2D eigenvalue weighted by molar-refractivity contribution is -0.137. The number of piperidine rings is 1. The van der Waals surface area contributed by atoms with E-state index < -0.39 is 28.6 Å². The molecule has 1 fully saturated rings. The second kappa shape index (κ2) is 13.9. The summed E-state index contributed by atoms with van der Waals surface area (Å²) < 4.78 is 41.4. The molecule has 4 N–H and O–H groups in total. The fraction of sp³-hybridized carbons (Fsp3) is 0.258. The molecule has 4 aromatic rings. The lowest BCUT2D eigenvalue weighted by Gasteiger charge is -2.29. The third-order valence-corrected chi connectivity index (χ3v) is 7.55. The summed E-state index contributed by atoms with van der Waals surface area (Å²) in [6.45, 7) is 2.30.